The average Bonchev–Trinajstić information content (AvgIpc) is 3.42. The molecule has 2 amide bonds. The normalized spacial score (nSPS) is 14.6. The first kappa shape index (κ1) is 18.1. The Morgan fingerprint density at radius 1 is 1.04 bits per heavy atom. The number of nitrogens with one attached hydrogen (secondary N) is 2. The molecule has 1 fully saturated rings. The van der Waals surface area contributed by atoms with Gasteiger partial charge in [-0.15, -0.1) is 0 Å². The van der Waals surface area contributed by atoms with Crippen molar-refractivity contribution < 1.29 is 14.0 Å². The van der Waals surface area contributed by atoms with E-state index in [2.05, 4.69) is 10.6 Å². The topological polar surface area (TPSA) is 58.2 Å². The largest absolute Gasteiger partial charge is 0.355 e. The van der Waals surface area contributed by atoms with Gasteiger partial charge in [-0.05, 0) is 68.0 Å². The molecule has 4 nitrogen and oxygen atoms in total. The Bertz CT molecular complexity index is 826. The summed E-state index contributed by atoms with van der Waals surface area (Å²) in [5.41, 5.74) is 2.83. The van der Waals surface area contributed by atoms with Crippen LogP contribution in [0, 0.1) is 25.1 Å². The molecule has 1 saturated carbocycles. The summed E-state index contributed by atoms with van der Waals surface area (Å²) in [6.45, 7) is 4.36. The van der Waals surface area contributed by atoms with Gasteiger partial charge in [-0.1, -0.05) is 24.3 Å². The van der Waals surface area contributed by atoms with Crippen molar-refractivity contribution in [3.8, 4) is 0 Å². The van der Waals surface area contributed by atoms with Gasteiger partial charge in [0.05, 0.1) is 0 Å². The van der Waals surface area contributed by atoms with Crippen LogP contribution in [0.3, 0.4) is 0 Å². The summed E-state index contributed by atoms with van der Waals surface area (Å²) in [7, 11) is 0. The van der Waals surface area contributed by atoms with Crippen LogP contribution in [0.15, 0.2) is 42.5 Å². The van der Waals surface area contributed by atoms with Crippen LogP contribution in [0.2, 0.25) is 0 Å². The second-order valence-electron chi connectivity index (χ2n) is 6.92. The molecule has 0 heterocycles. The molecule has 1 aliphatic rings. The Balaban J connectivity index is 1.57. The summed E-state index contributed by atoms with van der Waals surface area (Å²) in [5, 5.41) is 5.76. The molecule has 5 heteroatoms. The highest BCUT2D eigenvalue weighted by Crippen LogP contribution is 2.47. The van der Waals surface area contributed by atoms with Crippen LogP contribution in [-0.4, -0.2) is 18.4 Å². The summed E-state index contributed by atoms with van der Waals surface area (Å²) < 4.78 is 12.9. The van der Waals surface area contributed by atoms with E-state index in [4.69, 9.17) is 0 Å². The van der Waals surface area contributed by atoms with Gasteiger partial charge in [-0.3, -0.25) is 9.59 Å². The molecule has 0 spiro atoms. The number of hydrogen-bond acceptors (Lipinski definition) is 2. The summed E-state index contributed by atoms with van der Waals surface area (Å²) in [6.07, 6.45) is 1.72. The number of aryl methyl sites for hydroxylation is 1. The molecule has 0 atom stereocenters. The first-order valence-electron chi connectivity index (χ1n) is 8.83. The average molecular weight is 354 g/mol. The van der Waals surface area contributed by atoms with Crippen molar-refractivity contribution in [2.24, 2.45) is 5.41 Å². The van der Waals surface area contributed by atoms with Gasteiger partial charge in [0.2, 0.25) is 11.8 Å². The number of carbonyl (C=O) groups excluding carboxylic acids is 2. The van der Waals surface area contributed by atoms with E-state index < -0.39 is 5.41 Å². The first-order chi connectivity index (χ1) is 12.4. The minimum Gasteiger partial charge on any atom is -0.355 e. The molecule has 136 valence electrons. The molecular formula is C21H23FN2O2. The molecule has 0 aliphatic heterocycles. The summed E-state index contributed by atoms with van der Waals surface area (Å²) in [6, 6.07) is 11.9. The summed E-state index contributed by atoms with van der Waals surface area (Å²) >= 11 is 0. The van der Waals surface area contributed by atoms with Crippen LogP contribution >= 0.6 is 0 Å². The quantitative estimate of drug-likeness (QED) is 0.780. The SMILES string of the molecule is Cc1cccc(NC(=O)C2(C(=O)NCCc3ccc(F)cc3)CC2)c1C. The molecule has 26 heavy (non-hydrogen) atoms. The van der Waals surface area contributed by atoms with Gasteiger partial charge in [-0.25, -0.2) is 4.39 Å². The molecule has 2 aromatic carbocycles. The van der Waals surface area contributed by atoms with E-state index in [-0.39, 0.29) is 17.6 Å². The molecular weight excluding hydrogens is 331 g/mol. The van der Waals surface area contributed by atoms with Gasteiger partial charge >= 0.3 is 0 Å². The maximum Gasteiger partial charge on any atom is 0.240 e. The molecule has 0 radical (unpaired) electrons. The third-order valence-corrected chi connectivity index (χ3v) is 5.08. The third-order valence-electron chi connectivity index (χ3n) is 5.08. The molecule has 0 saturated heterocycles. The van der Waals surface area contributed by atoms with Crippen LogP contribution in [0.1, 0.15) is 29.5 Å². The first-order valence-corrected chi connectivity index (χ1v) is 8.83. The third kappa shape index (κ3) is 3.77. The highest BCUT2D eigenvalue weighted by atomic mass is 19.1. The number of hydrogen-bond donors (Lipinski definition) is 2. The van der Waals surface area contributed by atoms with E-state index in [1.165, 1.54) is 12.1 Å². The highest BCUT2D eigenvalue weighted by Gasteiger charge is 2.56. The molecule has 2 aromatic rings. The Kier molecular flexibility index (Phi) is 5.07. The van der Waals surface area contributed by atoms with Crippen molar-refractivity contribution in [2.45, 2.75) is 33.1 Å². The van der Waals surface area contributed by atoms with Crippen molar-refractivity contribution in [1.82, 2.24) is 5.32 Å². The Morgan fingerprint density at radius 2 is 1.73 bits per heavy atom. The molecule has 3 rings (SSSR count). The van der Waals surface area contributed by atoms with Crippen LogP contribution < -0.4 is 10.6 Å². The lowest BCUT2D eigenvalue weighted by Gasteiger charge is -2.17. The van der Waals surface area contributed by atoms with Crippen LogP contribution in [0.4, 0.5) is 10.1 Å². The van der Waals surface area contributed by atoms with Crippen LogP contribution in [-0.2, 0) is 16.0 Å². The zero-order chi connectivity index (χ0) is 18.7. The number of rotatable bonds is 6. The van der Waals surface area contributed by atoms with E-state index in [0.717, 1.165) is 22.4 Å². The second-order valence-corrected chi connectivity index (χ2v) is 6.92. The van der Waals surface area contributed by atoms with Gasteiger partial charge in [0.1, 0.15) is 11.2 Å². The number of carbonyl (C=O) groups is 2. The Hall–Kier alpha value is -2.69. The number of anilines is 1. The zero-order valence-electron chi connectivity index (χ0n) is 15.1. The summed E-state index contributed by atoms with van der Waals surface area (Å²) in [5.74, 6) is -0.759. The molecule has 0 unspecified atom stereocenters. The summed E-state index contributed by atoms with van der Waals surface area (Å²) in [4.78, 5) is 25.2. The van der Waals surface area contributed by atoms with E-state index in [0.29, 0.717) is 25.8 Å². The van der Waals surface area contributed by atoms with Gasteiger partial charge in [-0.2, -0.15) is 0 Å². The second kappa shape index (κ2) is 7.28. The maximum absolute atomic E-state index is 12.9. The van der Waals surface area contributed by atoms with E-state index in [1.54, 1.807) is 12.1 Å². The Labute approximate surface area is 152 Å². The number of amides is 2. The zero-order valence-corrected chi connectivity index (χ0v) is 15.1. The molecule has 0 bridgehead atoms. The maximum atomic E-state index is 12.9. The highest BCUT2D eigenvalue weighted by molar-refractivity contribution is 6.13. The van der Waals surface area contributed by atoms with Crippen molar-refractivity contribution >= 4 is 17.5 Å². The predicted molar refractivity (Wildman–Crippen MR) is 99.3 cm³/mol. The monoisotopic (exact) mass is 354 g/mol. The smallest absolute Gasteiger partial charge is 0.240 e. The van der Waals surface area contributed by atoms with Gasteiger partial charge in [0, 0.05) is 12.2 Å². The van der Waals surface area contributed by atoms with Crippen molar-refractivity contribution in [3.05, 3.63) is 65.0 Å². The number of benzene rings is 2. The predicted octanol–water partition coefficient (Wildman–Crippen LogP) is 3.52. The van der Waals surface area contributed by atoms with Crippen molar-refractivity contribution in [2.75, 3.05) is 11.9 Å². The number of halogens is 1. The fourth-order valence-electron chi connectivity index (χ4n) is 2.95. The van der Waals surface area contributed by atoms with Crippen LogP contribution in [0.5, 0.6) is 0 Å². The Morgan fingerprint density at radius 3 is 2.38 bits per heavy atom. The van der Waals surface area contributed by atoms with E-state index in [1.807, 2.05) is 32.0 Å². The molecule has 0 aromatic heterocycles. The van der Waals surface area contributed by atoms with Crippen LogP contribution in [0.25, 0.3) is 0 Å². The lowest BCUT2D eigenvalue weighted by Crippen LogP contribution is -2.40. The van der Waals surface area contributed by atoms with E-state index in [9.17, 15) is 14.0 Å². The fraction of sp³-hybridized carbons (Fsp3) is 0.333. The fourth-order valence-corrected chi connectivity index (χ4v) is 2.95. The molecule has 2 N–H and O–H groups in total. The minimum absolute atomic E-state index is 0.234. The van der Waals surface area contributed by atoms with Gasteiger partial charge in [0.25, 0.3) is 0 Å². The minimum atomic E-state index is -0.959. The molecule has 1 aliphatic carbocycles. The van der Waals surface area contributed by atoms with Crippen molar-refractivity contribution in [3.63, 3.8) is 0 Å². The lowest BCUT2D eigenvalue weighted by atomic mass is 10.0. The lowest BCUT2D eigenvalue weighted by molar-refractivity contribution is -0.134. The van der Waals surface area contributed by atoms with Crippen molar-refractivity contribution in [1.29, 1.82) is 0 Å². The van der Waals surface area contributed by atoms with E-state index >= 15 is 0 Å². The standard InChI is InChI=1S/C21H23FN2O2/c1-14-4-3-5-18(15(14)2)24-20(26)21(11-12-21)19(25)23-13-10-16-6-8-17(22)9-7-16/h3-9H,10-13H2,1-2H3,(H,23,25)(H,24,26). The van der Waals surface area contributed by atoms with Gasteiger partial charge < -0.3 is 10.6 Å². The van der Waals surface area contributed by atoms with Gasteiger partial charge in [0.15, 0.2) is 0 Å².